The van der Waals surface area contributed by atoms with Crippen molar-refractivity contribution in [2.24, 2.45) is 0 Å². The van der Waals surface area contributed by atoms with Gasteiger partial charge in [-0.05, 0) is 11.6 Å². The van der Waals surface area contributed by atoms with Crippen molar-refractivity contribution >= 4 is 9.28 Å². The Kier molecular flexibility index (Phi) is 5.48. The largest absolute Gasteiger partial charge is 0.397 e. The molecule has 4 nitrogen and oxygen atoms in total. The van der Waals surface area contributed by atoms with Crippen molar-refractivity contribution in [1.29, 1.82) is 0 Å². The van der Waals surface area contributed by atoms with Gasteiger partial charge < -0.3 is 18.3 Å². The van der Waals surface area contributed by atoms with Crippen LogP contribution in [0.5, 0.6) is 0 Å². The van der Waals surface area contributed by atoms with E-state index >= 15 is 0 Å². The second-order valence-corrected chi connectivity index (χ2v) is 5.91. The van der Waals surface area contributed by atoms with Crippen LogP contribution in [0.4, 0.5) is 0 Å². The number of ether oxygens (including phenoxy) is 2. The molecule has 2 unspecified atom stereocenters. The average molecular weight is 232 g/mol. The summed E-state index contributed by atoms with van der Waals surface area (Å²) >= 11 is 0. The van der Waals surface area contributed by atoms with Crippen molar-refractivity contribution in [2.75, 3.05) is 27.4 Å². The third kappa shape index (κ3) is 4.04. The molecule has 5 heteroatoms. The van der Waals surface area contributed by atoms with Crippen LogP contribution >= 0.6 is 0 Å². The summed E-state index contributed by atoms with van der Waals surface area (Å²) in [5, 5.41) is 0.961. The zero-order valence-corrected chi connectivity index (χ0v) is 10.8. The van der Waals surface area contributed by atoms with Crippen molar-refractivity contribution in [1.82, 2.24) is 0 Å². The maximum Gasteiger partial charge on any atom is 0.353 e. The summed E-state index contributed by atoms with van der Waals surface area (Å²) in [6.45, 7) is 7.54. The first-order valence-corrected chi connectivity index (χ1v) is 6.72. The summed E-state index contributed by atoms with van der Waals surface area (Å²) in [5.41, 5.74) is 0. The molecule has 0 amide bonds. The van der Waals surface area contributed by atoms with Gasteiger partial charge in [0.05, 0.1) is 19.3 Å². The Bertz CT molecular complexity index is 202. The summed E-state index contributed by atoms with van der Waals surface area (Å²) in [5.74, 6) is 0. The summed E-state index contributed by atoms with van der Waals surface area (Å²) in [7, 11) is 1.55. The van der Waals surface area contributed by atoms with Gasteiger partial charge in [0.15, 0.2) is 0 Å². The van der Waals surface area contributed by atoms with E-state index in [1.54, 1.807) is 14.2 Å². The van der Waals surface area contributed by atoms with Crippen molar-refractivity contribution in [3.05, 3.63) is 11.8 Å². The fourth-order valence-electron chi connectivity index (χ4n) is 1.43. The minimum Gasteiger partial charge on any atom is -0.397 e. The molecule has 1 fully saturated rings. The van der Waals surface area contributed by atoms with E-state index in [0.29, 0.717) is 6.61 Å². The Morgan fingerprint density at radius 1 is 1.53 bits per heavy atom. The Balaban J connectivity index is 2.36. The van der Waals surface area contributed by atoms with Crippen LogP contribution in [-0.2, 0) is 18.3 Å². The van der Waals surface area contributed by atoms with Crippen LogP contribution in [0.2, 0.25) is 0 Å². The van der Waals surface area contributed by atoms with Crippen LogP contribution in [-0.4, -0.2) is 48.9 Å². The topological polar surface area (TPSA) is 40.2 Å². The highest BCUT2D eigenvalue weighted by Crippen LogP contribution is 2.17. The third-order valence-electron chi connectivity index (χ3n) is 2.40. The van der Waals surface area contributed by atoms with E-state index in [9.17, 15) is 0 Å². The van der Waals surface area contributed by atoms with Gasteiger partial charge in [-0.25, -0.2) is 0 Å². The molecule has 1 heterocycles. The highest BCUT2D eigenvalue weighted by Gasteiger charge is 2.27. The lowest BCUT2D eigenvalue weighted by atomic mass is 10.3. The fraction of sp³-hybridized carbons (Fsp3) is 0.800. The smallest absolute Gasteiger partial charge is 0.353 e. The number of hydrogen-bond acceptors (Lipinski definition) is 4. The third-order valence-corrected chi connectivity index (χ3v) is 4.23. The van der Waals surface area contributed by atoms with Gasteiger partial charge >= 0.3 is 9.28 Å². The minimum atomic E-state index is -1.76. The van der Waals surface area contributed by atoms with Crippen LogP contribution in [0, 0.1) is 0 Å². The molecule has 1 aliphatic rings. The number of epoxide rings is 1. The molecule has 0 N–H and O–H groups in total. The Morgan fingerprint density at radius 2 is 2.13 bits per heavy atom. The van der Waals surface area contributed by atoms with Gasteiger partial charge in [0.25, 0.3) is 0 Å². The molecule has 1 aliphatic heterocycles. The van der Waals surface area contributed by atoms with E-state index in [-0.39, 0.29) is 12.2 Å². The maximum absolute atomic E-state index is 5.71. The monoisotopic (exact) mass is 232 g/mol. The van der Waals surface area contributed by atoms with Gasteiger partial charge in [-0.3, -0.25) is 0 Å². The summed E-state index contributed by atoms with van der Waals surface area (Å²) in [6.07, 6.45) is 1.21. The predicted octanol–water partition coefficient (Wildman–Crippen LogP) is 0.789. The maximum atomic E-state index is 5.71. The summed E-state index contributed by atoms with van der Waals surface area (Å²) in [4.78, 5) is 0. The molecule has 0 aliphatic carbocycles. The molecule has 0 aromatic rings. The Hall–Kier alpha value is -0.203. The normalized spacial score (nSPS) is 21.7. The molecule has 0 bridgehead atoms. The zero-order chi connectivity index (χ0) is 11.3. The van der Waals surface area contributed by atoms with E-state index in [4.69, 9.17) is 18.3 Å². The molecule has 15 heavy (non-hydrogen) atoms. The molecule has 0 aromatic heterocycles. The van der Waals surface area contributed by atoms with Crippen LogP contribution in [0.25, 0.3) is 0 Å². The highest BCUT2D eigenvalue weighted by molar-refractivity contribution is 6.53. The second kappa shape index (κ2) is 6.39. The zero-order valence-electron chi connectivity index (χ0n) is 9.69. The van der Waals surface area contributed by atoms with Crippen molar-refractivity contribution in [3.63, 3.8) is 0 Å². The fourth-order valence-corrected chi connectivity index (χ4v) is 2.86. The average Bonchev–Trinajstić information content (AvgIpc) is 3.04. The van der Waals surface area contributed by atoms with E-state index < -0.39 is 9.28 Å². The molecule has 2 atom stereocenters. The van der Waals surface area contributed by atoms with Crippen LogP contribution in [0.3, 0.4) is 0 Å². The minimum absolute atomic E-state index is 0.0331. The number of rotatable bonds is 8. The lowest BCUT2D eigenvalue weighted by molar-refractivity contribution is 0.0637. The van der Waals surface area contributed by atoms with E-state index in [0.717, 1.165) is 18.2 Å². The van der Waals surface area contributed by atoms with E-state index in [1.165, 1.54) is 0 Å². The molecule has 0 aromatic carbocycles. The molecular weight excluding hydrogens is 212 g/mol. The van der Waals surface area contributed by atoms with Crippen molar-refractivity contribution in [3.8, 4) is 0 Å². The van der Waals surface area contributed by atoms with E-state index in [2.05, 4.69) is 13.5 Å². The highest BCUT2D eigenvalue weighted by atomic mass is 28.3. The first-order chi connectivity index (χ1) is 7.22. The van der Waals surface area contributed by atoms with Crippen molar-refractivity contribution in [2.45, 2.75) is 25.6 Å². The standard InChI is InChI=1S/C10H20O4Si/c1-5-10(14-7-9-6-13-9)8(2)15(11-3)12-4/h9-10,15H,2,5-7H2,1,3-4H3. The molecule has 0 spiro atoms. The van der Waals surface area contributed by atoms with E-state index in [1.807, 2.05) is 0 Å². The molecule has 88 valence electrons. The van der Waals surface area contributed by atoms with Gasteiger partial charge in [0, 0.05) is 14.2 Å². The predicted molar refractivity (Wildman–Crippen MR) is 60.1 cm³/mol. The van der Waals surface area contributed by atoms with Crippen LogP contribution in [0.1, 0.15) is 13.3 Å². The lowest BCUT2D eigenvalue weighted by Gasteiger charge is -2.22. The first-order valence-electron chi connectivity index (χ1n) is 5.20. The molecule has 0 saturated carbocycles. The van der Waals surface area contributed by atoms with Crippen LogP contribution in [0.15, 0.2) is 11.8 Å². The van der Waals surface area contributed by atoms with Gasteiger partial charge in [-0.15, -0.1) is 0 Å². The quantitative estimate of drug-likeness (QED) is 0.458. The number of hydrogen-bond donors (Lipinski definition) is 0. The molecule has 1 rings (SSSR count). The molecule has 0 radical (unpaired) electrons. The van der Waals surface area contributed by atoms with Gasteiger partial charge in [0.2, 0.25) is 0 Å². The van der Waals surface area contributed by atoms with Gasteiger partial charge in [-0.1, -0.05) is 13.5 Å². The Morgan fingerprint density at radius 3 is 2.53 bits per heavy atom. The van der Waals surface area contributed by atoms with Gasteiger partial charge in [-0.2, -0.15) is 0 Å². The van der Waals surface area contributed by atoms with Gasteiger partial charge in [0.1, 0.15) is 6.10 Å². The Labute approximate surface area is 93.0 Å². The second-order valence-electron chi connectivity index (χ2n) is 3.56. The lowest BCUT2D eigenvalue weighted by Crippen LogP contribution is -2.31. The first kappa shape index (κ1) is 12.9. The molecular formula is C10H20O4Si. The summed E-state index contributed by atoms with van der Waals surface area (Å²) in [6, 6.07) is 0. The van der Waals surface area contributed by atoms with Crippen molar-refractivity contribution < 1.29 is 18.3 Å². The summed E-state index contributed by atoms with van der Waals surface area (Å²) < 4.78 is 21.3. The molecule has 1 saturated heterocycles. The SMILES string of the molecule is C=C(C(CC)OCC1CO1)[SiH](OC)OC. The van der Waals surface area contributed by atoms with Crippen LogP contribution < -0.4 is 0 Å².